The Morgan fingerprint density at radius 1 is 1.21 bits per heavy atom. The molecule has 0 aromatic heterocycles. The second-order valence-corrected chi connectivity index (χ2v) is 7.30. The van der Waals surface area contributed by atoms with E-state index in [0.717, 1.165) is 32.1 Å². The van der Waals surface area contributed by atoms with Crippen LogP contribution in [-0.2, 0) is 4.74 Å². The van der Waals surface area contributed by atoms with Gasteiger partial charge in [0.2, 0.25) is 0 Å². The molecule has 28 heavy (non-hydrogen) atoms. The molecule has 0 unspecified atom stereocenters. The maximum atomic E-state index is 13.7. The fraction of sp³-hybridized carbons (Fsp3) is 0.381. The van der Waals surface area contributed by atoms with Gasteiger partial charge in [-0.05, 0) is 61.1 Å². The van der Waals surface area contributed by atoms with Gasteiger partial charge in [0.05, 0.1) is 26.9 Å². The molecule has 0 amide bonds. The molecule has 0 spiro atoms. The number of hydrogen-bond acceptors (Lipinski definition) is 3. The summed E-state index contributed by atoms with van der Waals surface area (Å²) < 4.78 is 24.5. The zero-order valence-electron chi connectivity index (χ0n) is 16.3. The summed E-state index contributed by atoms with van der Waals surface area (Å²) in [6.07, 6.45) is 0. The minimum Gasteiger partial charge on any atom is -0.497 e. The summed E-state index contributed by atoms with van der Waals surface area (Å²) in [4.78, 5) is 1.45. The molecule has 0 saturated carbocycles. The van der Waals surface area contributed by atoms with Crippen LogP contribution in [0.1, 0.15) is 17.2 Å². The topological polar surface area (TPSA) is 47.0 Å². The molecule has 0 bridgehead atoms. The standard InChI is InChI=1S/C21H26FN3O2S/c1-15-3-6-17(13-19(15)22)24-21(28)23-14-20(25-9-11-27-12-10-25)16-4-7-18(26-2)8-5-16/h3-8,13,20H,9-12,14H2,1-2H3,(H2,23,24,28)/p+1/t20-/m1/s1. The number of thiocarbonyl (C=S) groups is 1. The van der Waals surface area contributed by atoms with Crippen molar-refractivity contribution >= 4 is 23.0 Å². The molecule has 150 valence electrons. The number of rotatable bonds is 6. The third kappa shape index (κ3) is 5.41. The molecule has 1 fully saturated rings. The van der Waals surface area contributed by atoms with E-state index in [1.54, 1.807) is 20.1 Å². The highest BCUT2D eigenvalue weighted by Gasteiger charge is 2.26. The highest BCUT2D eigenvalue weighted by Crippen LogP contribution is 2.16. The van der Waals surface area contributed by atoms with Crippen LogP contribution in [0.3, 0.4) is 0 Å². The van der Waals surface area contributed by atoms with Crippen LogP contribution < -0.4 is 20.3 Å². The molecule has 5 nitrogen and oxygen atoms in total. The van der Waals surface area contributed by atoms with Gasteiger partial charge in [-0.1, -0.05) is 6.07 Å². The van der Waals surface area contributed by atoms with E-state index in [4.69, 9.17) is 21.7 Å². The van der Waals surface area contributed by atoms with E-state index in [1.807, 2.05) is 18.2 Å². The number of methoxy groups -OCH3 is 1. The summed E-state index contributed by atoms with van der Waals surface area (Å²) in [7, 11) is 1.67. The van der Waals surface area contributed by atoms with Crippen LogP contribution in [0.4, 0.5) is 10.1 Å². The first-order chi connectivity index (χ1) is 13.6. The van der Waals surface area contributed by atoms with Crippen molar-refractivity contribution in [2.75, 3.05) is 45.3 Å². The second-order valence-electron chi connectivity index (χ2n) is 6.90. The van der Waals surface area contributed by atoms with Crippen molar-refractivity contribution in [2.45, 2.75) is 13.0 Å². The normalized spacial score (nSPS) is 15.7. The fourth-order valence-electron chi connectivity index (χ4n) is 3.36. The molecular formula is C21H27FN3O2S+. The lowest BCUT2D eigenvalue weighted by Crippen LogP contribution is -3.15. The van der Waals surface area contributed by atoms with Crippen LogP contribution in [0.15, 0.2) is 42.5 Å². The maximum Gasteiger partial charge on any atom is 0.171 e. The molecule has 1 aliphatic heterocycles. The van der Waals surface area contributed by atoms with Gasteiger partial charge < -0.3 is 25.0 Å². The van der Waals surface area contributed by atoms with Crippen molar-refractivity contribution < 1.29 is 18.8 Å². The Kier molecular flexibility index (Phi) is 7.19. The van der Waals surface area contributed by atoms with Crippen molar-refractivity contribution in [2.24, 2.45) is 0 Å². The van der Waals surface area contributed by atoms with Gasteiger partial charge in [-0.15, -0.1) is 0 Å². The number of anilines is 1. The van der Waals surface area contributed by atoms with Gasteiger partial charge in [0, 0.05) is 11.3 Å². The third-order valence-corrected chi connectivity index (χ3v) is 5.29. The monoisotopic (exact) mass is 404 g/mol. The highest BCUT2D eigenvalue weighted by molar-refractivity contribution is 7.80. The minimum absolute atomic E-state index is 0.226. The molecule has 3 N–H and O–H groups in total. The van der Waals surface area contributed by atoms with Gasteiger partial charge in [-0.25, -0.2) is 4.39 Å². The highest BCUT2D eigenvalue weighted by atomic mass is 32.1. The molecule has 1 atom stereocenters. The van der Waals surface area contributed by atoms with E-state index >= 15 is 0 Å². The molecule has 2 aromatic carbocycles. The molecule has 3 rings (SSSR count). The Morgan fingerprint density at radius 2 is 1.93 bits per heavy atom. The summed E-state index contributed by atoms with van der Waals surface area (Å²) in [5.41, 5.74) is 2.47. The number of aryl methyl sites for hydroxylation is 1. The van der Waals surface area contributed by atoms with Gasteiger partial charge >= 0.3 is 0 Å². The second kappa shape index (κ2) is 9.82. The molecular weight excluding hydrogens is 377 g/mol. The number of quaternary nitrogens is 1. The van der Waals surface area contributed by atoms with E-state index in [0.29, 0.717) is 22.9 Å². The molecule has 7 heteroatoms. The molecule has 1 heterocycles. The first kappa shape index (κ1) is 20.5. The van der Waals surface area contributed by atoms with Crippen LogP contribution in [-0.4, -0.2) is 45.1 Å². The Balaban J connectivity index is 1.66. The third-order valence-electron chi connectivity index (χ3n) is 5.04. The zero-order valence-corrected chi connectivity index (χ0v) is 17.1. The van der Waals surface area contributed by atoms with E-state index in [2.05, 4.69) is 22.8 Å². The predicted octanol–water partition coefficient (Wildman–Crippen LogP) is 2.09. The summed E-state index contributed by atoms with van der Waals surface area (Å²) in [6, 6.07) is 13.4. The zero-order chi connectivity index (χ0) is 19.9. The molecule has 0 aliphatic carbocycles. The predicted molar refractivity (Wildman–Crippen MR) is 113 cm³/mol. The van der Waals surface area contributed by atoms with Gasteiger partial charge in [-0.2, -0.15) is 0 Å². The van der Waals surface area contributed by atoms with Crippen molar-refractivity contribution in [1.82, 2.24) is 5.32 Å². The molecule has 0 radical (unpaired) electrons. The molecule has 1 saturated heterocycles. The summed E-state index contributed by atoms with van der Waals surface area (Å²) in [6.45, 7) is 5.81. The number of nitrogens with one attached hydrogen (secondary N) is 3. The summed E-state index contributed by atoms with van der Waals surface area (Å²) in [5, 5.41) is 6.84. The fourth-order valence-corrected chi connectivity index (χ4v) is 3.56. The van der Waals surface area contributed by atoms with Gasteiger partial charge in [-0.3, -0.25) is 0 Å². The largest absolute Gasteiger partial charge is 0.497 e. The van der Waals surface area contributed by atoms with Gasteiger partial charge in [0.15, 0.2) is 5.11 Å². The molecule has 2 aromatic rings. The van der Waals surface area contributed by atoms with Crippen LogP contribution in [0, 0.1) is 12.7 Å². The quantitative estimate of drug-likeness (QED) is 0.644. The minimum atomic E-state index is -0.248. The number of benzene rings is 2. The van der Waals surface area contributed by atoms with Crippen molar-refractivity contribution in [1.29, 1.82) is 0 Å². The van der Waals surface area contributed by atoms with Crippen molar-refractivity contribution in [3.05, 3.63) is 59.4 Å². The van der Waals surface area contributed by atoms with E-state index in [9.17, 15) is 4.39 Å². The number of ether oxygens (including phenoxy) is 2. The average Bonchev–Trinajstić information content (AvgIpc) is 2.72. The first-order valence-corrected chi connectivity index (χ1v) is 9.85. The van der Waals surface area contributed by atoms with Gasteiger partial charge in [0.25, 0.3) is 0 Å². The van der Waals surface area contributed by atoms with Crippen molar-refractivity contribution in [3.63, 3.8) is 0 Å². The van der Waals surface area contributed by atoms with Crippen LogP contribution in [0.25, 0.3) is 0 Å². The average molecular weight is 405 g/mol. The first-order valence-electron chi connectivity index (χ1n) is 9.44. The van der Waals surface area contributed by atoms with Crippen LogP contribution >= 0.6 is 12.2 Å². The Bertz CT molecular complexity index is 795. The van der Waals surface area contributed by atoms with E-state index in [-0.39, 0.29) is 11.9 Å². The number of halogens is 1. The number of morpholine rings is 1. The van der Waals surface area contributed by atoms with Crippen molar-refractivity contribution in [3.8, 4) is 5.75 Å². The summed E-state index contributed by atoms with van der Waals surface area (Å²) in [5.74, 6) is 0.590. The Hall–Kier alpha value is -2.22. The Morgan fingerprint density at radius 3 is 2.57 bits per heavy atom. The smallest absolute Gasteiger partial charge is 0.171 e. The molecule has 1 aliphatic rings. The lowest BCUT2D eigenvalue weighted by atomic mass is 10.0. The number of hydrogen-bond donors (Lipinski definition) is 3. The lowest BCUT2D eigenvalue weighted by molar-refractivity contribution is -0.937. The van der Waals surface area contributed by atoms with E-state index in [1.165, 1.54) is 16.5 Å². The summed E-state index contributed by atoms with van der Waals surface area (Å²) >= 11 is 5.42. The van der Waals surface area contributed by atoms with E-state index < -0.39 is 0 Å². The lowest BCUT2D eigenvalue weighted by Gasteiger charge is -2.32. The Labute approximate surface area is 170 Å². The van der Waals surface area contributed by atoms with Crippen LogP contribution in [0.5, 0.6) is 5.75 Å². The maximum absolute atomic E-state index is 13.7. The van der Waals surface area contributed by atoms with Gasteiger partial charge in [0.1, 0.15) is 30.7 Å². The van der Waals surface area contributed by atoms with Crippen LogP contribution in [0.2, 0.25) is 0 Å². The SMILES string of the molecule is COc1ccc([C@@H](CNC(=S)Nc2ccc(C)c(F)c2)[NH+]2CCOCC2)cc1.